The van der Waals surface area contributed by atoms with Gasteiger partial charge < -0.3 is 9.05 Å². The number of halogens is 2. The van der Waals surface area contributed by atoms with Gasteiger partial charge in [0.15, 0.2) is 0 Å². The average Bonchev–Trinajstić information content (AvgIpc) is 3.61. The van der Waals surface area contributed by atoms with Crippen molar-refractivity contribution < 1.29 is 36.7 Å². The van der Waals surface area contributed by atoms with Gasteiger partial charge in [0.25, 0.3) is 0 Å². The second-order valence-corrected chi connectivity index (χ2v) is 15.8. The van der Waals surface area contributed by atoms with Crippen molar-refractivity contribution in [1.29, 1.82) is 0 Å². The van der Waals surface area contributed by atoms with Crippen LogP contribution in [0.2, 0.25) is 0 Å². The van der Waals surface area contributed by atoms with Crippen molar-refractivity contribution in [3.63, 3.8) is 0 Å². The third kappa shape index (κ3) is 7.80. The fourth-order valence-corrected chi connectivity index (χ4v) is 9.08. The van der Waals surface area contributed by atoms with Crippen molar-refractivity contribution in [3.05, 3.63) is 150 Å². The lowest BCUT2D eigenvalue weighted by molar-refractivity contribution is -0.0881. The van der Waals surface area contributed by atoms with E-state index in [2.05, 4.69) is 14.6 Å². The Morgan fingerprint density at radius 3 is 1.94 bits per heavy atom. The largest absolute Gasteiger partial charge is 0.399 e. The van der Waals surface area contributed by atoms with Gasteiger partial charge in [0.05, 0.1) is 35.7 Å². The molecule has 0 saturated heterocycles. The first kappa shape index (κ1) is 36.5. The van der Waals surface area contributed by atoms with E-state index in [4.69, 9.17) is 14.3 Å². The summed E-state index contributed by atoms with van der Waals surface area (Å²) in [5.74, 6) is 0. The molecule has 0 N–H and O–H groups in total. The zero-order valence-electron chi connectivity index (χ0n) is 28.1. The molecule has 51 heavy (non-hydrogen) atoms. The first-order valence-electron chi connectivity index (χ1n) is 16.5. The van der Waals surface area contributed by atoms with E-state index in [0.29, 0.717) is 22.8 Å². The minimum atomic E-state index is -4.59. The molecule has 1 atom stereocenters. The standard InChI is InChI=1S/C38H37F2N3O6P2/c1-3-46-51(45,47-4-2)37-25-32(31-13-7-5-8-14-31)23-24-33(37)27-38(34-15-9-6-10-16-34,43-36-18-12-11-17-35(36)41-42-43)26-29-19-21-30(22-20-29)28-50(44,48-39)49-40/h5-25H,3-4,26-28H2,1-2H3. The van der Waals surface area contributed by atoms with Crippen molar-refractivity contribution in [2.45, 2.75) is 38.4 Å². The van der Waals surface area contributed by atoms with Gasteiger partial charge >= 0.3 is 15.2 Å². The molecule has 0 radical (unpaired) electrons. The maximum atomic E-state index is 14.7. The lowest BCUT2D eigenvalue weighted by Crippen LogP contribution is -2.42. The van der Waals surface area contributed by atoms with Crippen molar-refractivity contribution in [3.8, 4) is 11.1 Å². The van der Waals surface area contributed by atoms with E-state index >= 15 is 0 Å². The minimum Gasteiger partial charge on any atom is -0.305 e. The van der Waals surface area contributed by atoms with Crippen molar-refractivity contribution >= 4 is 31.5 Å². The number of nitrogens with zero attached hydrogens (tertiary/aromatic N) is 3. The maximum Gasteiger partial charge on any atom is 0.399 e. The Morgan fingerprint density at radius 1 is 0.686 bits per heavy atom. The quantitative estimate of drug-likeness (QED) is 0.0908. The van der Waals surface area contributed by atoms with Crippen molar-refractivity contribution in [2.24, 2.45) is 0 Å². The number of rotatable bonds is 16. The Labute approximate surface area is 295 Å². The molecule has 0 aliphatic carbocycles. The second-order valence-electron chi connectivity index (χ2n) is 12.0. The van der Waals surface area contributed by atoms with Crippen LogP contribution in [0.4, 0.5) is 9.05 Å². The molecule has 264 valence electrons. The molecule has 6 aromatic rings. The monoisotopic (exact) mass is 731 g/mol. The van der Waals surface area contributed by atoms with Crippen LogP contribution >= 0.6 is 15.2 Å². The van der Waals surface area contributed by atoms with Crippen LogP contribution in [0.1, 0.15) is 36.1 Å². The van der Waals surface area contributed by atoms with Crippen LogP contribution in [0.15, 0.2) is 127 Å². The van der Waals surface area contributed by atoms with Gasteiger partial charge in [-0.3, -0.25) is 9.13 Å². The highest BCUT2D eigenvalue weighted by Crippen LogP contribution is 2.52. The highest BCUT2D eigenvalue weighted by Gasteiger charge is 2.41. The summed E-state index contributed by atoms with van der Waals surface area (Å²) in [4.78, 5) is 0. The van der Waals surface area contributed by atoms with Gasteiger partial charge in [0.2, 0.25) is 0 Å². The smallest absolute Gasteiger partial charge is 0.305 e. The molecule has 0 aliphatic heterocycles. The first-order valence-corrected chi connectivity index (χ1v) is 19.8. The summed E-state index contributed by atoms with van der Waals surface area (Å²) >= 11 is 0. The van der Waals surface area contributed by atoms with Crippen molar-refractivity contribution in [2.75, 3.05) is 13.2 Å². The summed E-state index contributed by atoms with van der Waals surface area (Å²) in [5.41, 5.74) is 5.07. The zero-order chi connectivity index (χ0) is 35.9. The summed E-state index contributed by atoms with van der Waals surface area (Å²) in [6, 6.07) is 40.0. The van der Waals surface area contributed by atoms with E-state index in [9.17, 15) is 18.2 Å². The molecule has 1 aromatic heterocycles. The topological polar surface area (TPSA) is 102 Å². The maximum absolute atomic E-state index is 14.7. The van der Waals surface area contributed by atoms with Gasteiger partial charge in [-0.2, -0.15) is 0 Å². The molecule has 9 nitrogen and oxygen atoms in total. The predicted octanol–water partition coefficient (Wildman–Crippen LogP) is 9.71. The van der Waals surface area contributed by atoms with E-state index in [1.54, 1.807) is 38.1 Å². The van der Waals surface area contributed by atoms with E-state index in [1.807, 2.05) is 108 Å². The summed E-state index contributed by atoms with van der Waals surface area (Å²) in [5, 5.41) is 9.71. The molecule has 0 fully saturated rings. The van der Waals surface area contributed by atoms with Gasteiger partial charge in [-0.15, -0.1) is 14.6 Å². The summed E-state index contributed by atoms with van der Waals surface area (Å²) in [6.07, 6.45) is 0.0231. The van der Waals surface area contributed by atoms with Crippen LogP contribution in [-0.2, 0) is 52.2 Å². The number of benzene rings is 5. The van der Waals surface area contributed by atoms with Crippen molar-refractivity contribution in [1.82, 2.24) is 15.0 Å². The van der Waals surface area contributed by atoms with E-state index < -0.39 is 26.9 Å². The number of aromatic nitrogens is 3. The van der Waals surface area contributed by atoms with Gasteiger partial charge in [-0.25, -0.2) is 4.68 Å². The van der Waals surface area contributed by atoms with Gasteiger partial charge in [-0.1, -0.05) is 114 Å². The zero-order valence-corrected chi connectivity index (χ0v) is 29.9. The first-order chi connectivity index (χ1) is 24.8. The number of para-hydroxylation sites is 1. The molecule has 1 heterocycles. The summed E-state index contributed by atoms with van der Waals surface area (Å²) in [7, 11) is -8.42. The van der Waals surface area contributed by atoms with E-state index in [0.717, 1.165) is 33.3 Å². The van der Waals surface area contributed by atoms with Crippen LogP contribution in [-0.4, -0.2) is 28.2 Å². The number of fused-ring (bicyclic) bond motifs is 1. The molecule has 5 aromatic carbocycles. The Balaban J connectivity index is 1.57. The fraction of sp³-hybridized carbons (Fsp3) is 0.211. The lowest BCUT2D eigenvalue weighted by Gasteiger charge is -2.36. The normalized spacial score (nSPS) is 13.3. The van der Waals surface area contributed by atoms with Crippen LogP contribution in [0.25, 0.3) is 22.2 Å². The molecule has 0 saturated carbocycles. The molecular formula is C38H37F2N3O6P2. The number of hydrogen-bond donors (Lipinski definition) is 0. The highest BCUT2D eigenvalue weighted by atomic mass is 31.2. The second kappa shape index (κ2) is 15.9. The molecule has 1 unspecified atom stereocenters. The molecule has 13 heteroatoms. The fourth-order valence-electron chi connectivity index (χ4n) is 6.47. The van der Waals surface area contributed by atoms with Gasteiger partial charge in [-0.05, 0) is 74.5 Å². The number of hydrogen-bond acceptors (Lipinski definition) is 8. The molecular weight excluding hydrogens is 694 g/mol. The molecule has 0 spiro atoms. The summed E-state index contributed by atoms with van der Waals surface area (Å²) in [6.45, 7) is 3.91. The van der Waals surface area contributed by atoms with Crippen LogP contribution in [0, 0.1) is 0 Å². The van der Waals surface area contributed by atoms with Gasteiger partial charge in [0.1, 0.15) is 5.52 Å². The molecule has 0 aliphatic rings. The van der Waals surface area contributed by atoms with E-state index in [1.165, 1.54) is 0 Å². The average molecular weight is 732 g/mol. The highest BCUT2D eigenvalue weighted by molar-refractivity contribution is 7.62. The molecule has 0 amide bonds. The van der Waals surface area contributed by atoms with Crippen LogP contribution in [0.5, 0.6) is 0 Å². The Hall–Kier alpha value is -4.34. The van der Waals surface area contributed by atoms with E-state index in [-0.39, 0.29) is 19.6 Å². The van der Waals surface area contributed by atoms with Crippen LogP contribution in [0.3, 0.4) is 0 Å². The summed E-state index contributed by atoms with van der Waals surface area (Å²) < 4.78 is 73.1. The SMILES string of the molecule is CCOP(=O)(OCC)c1cc(-c2ccccc2)ccc1CC(Cc1ccc(CP(=O)(OF)OF)cc1)(c1ccccc1)n1nnc2ccccc21. The third-order valence-corrected chi connectivity index (χ3v) is 12.1. The molecule has 0 bridgehead atoms. The Kier molecular flexibility index (Phi) is 11.4. The molecule has 6 rings (SSSR count). The third-order valence-electron chi connectivity index (χ3n) is 8.74. The Morgan fingerprint density at radius 2 is 1.29 bits per heavy atom. The lowest BCUT2D eigenvalue weighted by atomic mass is 9.78. The minimum absolute atomic E-state index is 0.171. The Bertz CT molecular complexity index is 2150. The predicted molar refractivity (Wildman–Crippen MR) is 193 cm³/mol. The van der Waals surface area contributed by atoms with Gasteiger partial charge in [0, 0.05) is 12.8 Å². The van der Waals surface area contributed by atoms with Crippen LogP contribution < -0.4 is 5.30 Å².